The molecule has 0 saturated carbocycles. The minimum atomic E-state index is -3.38. The summed E-state index contributed by atoms with van der Waals surface area (Å²) in [5.41, 5.74) is 0.982. The second-order valence-corrected chi connectivity index (χ2v) is 6.60. The molecule has 0 unspecified atom stereocenters. The van der Waals surface area contributed by atoms with Crippen LogP contribution in [0.15, 0.2) is 17.2 Å². The summed E-state index contributed by atoms with van der Waals surface area (Å²) in [6, 6.07) is 1.70. The zero-order chi connectivity index (χ0) is 13.9. The Bertz CT molecular complexity index is 491. The number of aromatic nitrogens is 1. The Morgan fingerprint density at radius 3 is 2.50 bits per heavy atom. The number of sulfonamides is 1. The van der Waals surface area contributed by atoms with Crippen molar-refractivity contribution in [2.45, 2.75) is 44.8 Å². The number of nitrogens with one attached hydrogen (secondary N) is 1. The molecule has 0 saturated heterocycles. The van der Waals surface area contributed by atoms with Crippen molar-refractivity contribution >= 4 is 10.0 Å². The maximum atomic E-state index is 12.4. The van der Waals surface area contributed by atoms with Crippen LogP contribution >= 0.6 is 0 Å². The lowest BCUT2D eigenvalue weighted by Gasteiger charge is -2.19. The number of hydrogen-bond donors (Lipinski definition) is 1. The number of hydrogen-bond acceptors (Lipinski definition) is 3. The third-order valence-electron chi connectivity index (χ3n) is 3.06. The molecule has 0 aliphatic heterocycles. The van der Waals surface area contributed by atoms with Gasteiger partial charge in [-0.05, 0) is 33.9 Å². The minimum absolute atomic E-state index is 0.0484. The van der Waals surface area contributed by atoms with E-state index in [4.69, 9.17) is 0 Å². The lowest BCUT2D eigenvalue weighted by Crippen LogP contribution is -2.32. The summed E-state index contributed by atoms with van der Waals surface area (Å²) >= 11 is 0. The van der Waals surface area contributed by atoms with Crippen LogP contribution in [0.1, 0.15) is 26.5 Å². The van der Waals surface area contributed by atoms with E-state index in [0.717, 1.165) is 12.2 Å². The van der Waals surface area contributed by atoms with Crippen LogP contribution in [-0.4, -0.2) is 37.4 Å². The van der Waals surface area contributed by atoms with Gasteiger partial charge in [0.2, 0.25) is 10.0 Å². The van der Waals surface area contributed by atoms with Crippen molar-refractivity contribution in [1.82, 2.24) is 14.2 Å². The molecule has 1 aromatic rings. The first-order valence-corrected chi connectivity index (χ1v) is 7.60. The van der Waals surface area contributed by atoms with Gasteiger partial charge in [-0.15, -0.1) is 0 Å². The number of rotatable bonds is 6. The molecule has 0 spiro atoms. The first-order chi connectivity index (χ1) is 8.34. The van der Waals surface area contributed by atoms with Crippen LogP contribution in [0.2, 0.25) is 0 Å². The van der Waals surface area contributed by atoms with Crippen LogP contribution in [0.4, 0.5) is 0 Å². The Labute approximate surface area is 110 Å². The molecule has 6 heteroatoms. The molecule has 5 nitrogen and oxygen atoms in total. The van der Waals surface area contributed by atoms with Crippen molar-refractivity contribution in [3.8, 4) is 0 Å². The maximum Gasteiger partial charge on any atom is 0.244 e. The molecule has 0 atom stereocenters. The molecule has 104 valence electrons. The lowest BCUT2D eigenvalue weighted by atomic mass is 10.4. The number of nitrogens with zero attached hydrogens (tertiary/aromatic N) is 2. The average Bonchev–Trinajstić information content (AvgIpc) is 2.72. The fraction of sp³-hybridized carbons (Fsp3) is 0.667. The molecule has 0 fully saturated rings. The third-order valence-corrected chi connectivity index (χ3v) is 5.06. The van der Waals surface area contributed by atoms with Crippen LogP contribution in [-0.2, 0) is 23.1 Å². The monoisotopic (exact) mass is 273 g/mol. The maximum absolute atomic E-state index is 12.4. The van der Waals surface area contributed by atoms with E-state index in [1.807, 2.05) is 32.4 Å². The van der Waals surface area contributed by atoms with Gasteiger partial charge in [-0.3, -0.25) is 0 Å². The molecule has 0 radical (unpaired) electrons. The second kappa shape index (κ2) is 5.86. The molecule has 18 heavy (non-hydrogen) atoms. The summed E-state index contributed by atoms with van der Waals surface area (Å²) in [5.74, 6) is 0. The van der Waals surface area contributed by atoms with Gasteiger partial charge in [0.25, 0.3) is 0 Å². The Morgan fingerprint density at radius 1 is 1.44 bits per heavy atom. The van der Waals surface area contributed by atoms with Gasteiger partial charge >= 0.3 is 0 Å². The van der Waals surface area contributed by atoms with Crippen LogP contribution in [0, 0.1) is 0 Å². The Hall–Kier alpha value is -0.850. The zero-order valence-corrected chi connectivity index (χ0v) is 12.6. The van der Waals surface area contributed by atoms with E-state index >= 15 is 0 Å². The standard InChI is InChI=1S/C12H23N3O2S/c1-6-15-9-12(7-11(15)8-13-4)18(16,17)14(5)10(2)3/h7,9-10,13H,6,8H2,1-5H3. The molecular weight excluding hydrogens is 250 g/mol. The Kier molecular flexibility index (Phi) is 4.95. The molecule has 0 aliphatic carbocycles. The first kappa shape index (κ1) is 15.2. The van der Waals surface area contributed by atoms with Gasteiger partial charge < -0.3 is 9.88 Å². The van der Waals surface area contributed by atoms with Gasteiger partial charge in [0.1, 0.15) is 4.90 Å². The van der Waals surface area contributed by atoms with Crippen LogP contribution in [0.25, 0.3) is 0 Å². The summed E-state index contributed by atoms with van der Waals surface area (Å²) in [5, 5.41) is 3.05. The van der Waals surface area contributed by atoms with Gasteiger partial charge in [0.15, 0.2) is 0 Å². The second-order valence-electron chi connectivity index (χ2n) is 4.60. The summed E-state index contributed by atoms with van der Waals surface area (Å²) in [6.07, 6.45) is 1.71. The fourth-order valence-electron chi connectivity index (χ4n) is 1.73. The normalized spacial score (nSPS) is 12.6. The average molecular weight is 273 g/mol. The van der Waals surface area contributed by atoms with Gasteiger partial charge in [0.05, 0.1) is 0 Å². The smallest absolute Gasteiger partial charge is 0.244 e. The molecular formula is C12H23N3O2S. The fourth-order valence-corrected chi connectivity index (χ4v) is 3.17. The SMILES string of the molecule is CCn1cc(S(=O)(=O)N(C)C(C)C)cc1CNC. The van der Waals surface area contributed by atoms with Crippen molar-refractivity contribution < 1.29 is 8.42 Å². The van der Waals surface area contributed by atoms with E-state index < -0.39 is 10.0 Å². The van der Waals surface area contributed by atoms with Gasteiger partial charge in [-0.2, -0.15) is 4.31 Å². The highest BCUT2D eigenvalue weighted by atomic mass is 32.2. The highest BCUT2D eigenvalue weighted by Crippen LogP contribution is 2.19. The molecule has 0 amide bonds. The van der Waals surface area contributed by atoms with E-state index in [-0.39, 0.29) is 6.04 Å². The Morgan fingerprint density at radius 2 is 2.06 bits per heavy atom. The third kappa shape index (κ3) is 2.93. The van der Waals surface area contributed by atoms with Gasteiger partial charge in [-0.25, -0.2) is 8.42 Å². The van der Waals surface area contributed by atoms with Crippen LogP contribution in [0.3, 0.4) is 0 Å². The summed E-state index contributed by atoms with van der Waals surface area (Å²) in [6.45, 7) is 7.15. The van der Waals surface area contributed by atoms with Crippen molar-refractivity contribution in [2.24, 2.45) is 0 Å². The largest absolute Gasteiger partial charge is 0.349 e. The quantitative estimate of drug-likeness (QED) is 0.849. The molecule has 0 aromatic carbocycles. The molecule has 1 rings (SSSR count). The topological polar surface area (TPSA) is 54.3 Å². The predicted octanol–water partition coefficient (Wildman–Crippen LogP) is 1.26. The lowest BCUT2D eigenvalue weighted by molar-refractivity contribution is 0.410. The van der Waals surface area contributed by atoms with Crippen molar-refractivity contribution in [2.75, 3.05) is 14.1 Å². The molecule has 1 N–H and O–H groups in total. The predicted molar refractivity (Wildman–Crippen MR) is 73.0 cm³/mol. The van der Waals surface area contributed by atoms with Gasteiger partial charge in [0, 0.05) is 38.1 Å². The summed E-state index contributed by atoms with van der Waals surface area (Å²) in [4.78, 5) is 0.366. The van der Waals surface area contributed by atoms with Crippen LogP contribution in [0.5, 0.6) is 0 Å². The van der Waals surface area contributed by atoms with Gasteiger partial charge in [-0.1, -0.05) is 0 Å². The van der Waals surface area contributed by atoms with Crippen LogP contribution < -0.4 is 5.32 Å². The van der Waals surface area contributed by atoms with E-state index in [0.29, 0.717) is 11.4 Å². The highest BCUT2D eigenvalue weighted by molar-refractivity contribution is 7.89. The van der Waals surface area contributed by atoms with E-state index in [1.54, 1.807) is 19.3 Å². The molecule has 0 bridgehead atoms. The number of aryl methyl sites for hydroxylation is 1. The van der Waals surface area contributed by atoms with Crippen molar-refractivity contribution in [3.63, 3.8) is 0 Å². The first-order valence-electron chi connectivity index (χ1n) is 6.16. The van der Waals surface area contributed by atoms with E-state index in [9.17, 15) is 8.42 Å². The summed E-state index contributed by atoms with van der Waals surface area (Å²) in [7, 11) is 0.0772. The molecule has 1 aromatic heterocycles. The minimum Gasteiger partial charge on any atom is -0.349 e. The molecule has 0 aliphatic rings. The Balaban J connectivity index is 3.17. The van der Waals surface area contributed by atoms with E-state index in [2.05, 4.69) is 5.32 Å². The zero-order valence-electron chi connectivity index (χ0n) is 11.8. The van der Waals surface area contributed by atoms with Crippen molar-refractivity contribution in [1.29, 1.82) is 0 Å². The van der Waals surface area contributed by atoms with E-state index in [1.165, 1.54) is 4.31 Å². The van der Waals surface area contributed by atoms with Crippen molar-refractivity contribution in [3.05, 3.63) is 18.0 Å². The summed E-state index contributed by atoms with van der Waals surface area (Å²) < 4.78 is 28.1. The molecule has 1 heterocycles. The highest BCUT2D eigenvalue weighted by Gasteiger charge is 2.25.